The van der Waals surface area contributed by atoms with E-state index in [9.17, 15) is 13.2 Å². The number of carbonyl (C=O) groups excluding carboxylic acids is 1. The summed E-state index contributed by atoms with van der Waals surface area (Å²) in [6, 6.07) is 8.62. The van der Waals surface area contributed by atoms with Gasteiger partial charge in [-0.15, -0.1) is 0 Å². The van der Waals surface area contributed by atoms with E-state index in [0.29, 0.717) is 28.9 Å². The normalized spacial score (nSPS) is 15.5. The summed E-state index contributed by atoms with van der Waals surface area (Å²) in [5.74, 6) is -0.594. The van der Waals surface area contributed by atoms with Gasteiger partial charge in [0.25, 0.3) is 5.91 Å². The van der Waals surface area contributed by atoms with Crippen LogP contribution in [0.2, 0.25) is 15.1 Å². The Hall–Kier alpha value is -1.35. The van der Waals surface area contributed by atoms with E-state index >= 15 is 0 Å². The van der Waals surface area contributed by atoms with Crippen LogP contribution >= 0.6 is 34.8 Å². The van der Waals surface area contributed by atoms with E-state index in [1.807, 2.05) is 0 Å². The predicted molar refractivity (Wildman–Crippen MR) is 105 cm³/mol. The number of amides is 1. The summed E-state index contributed by atoms with van der Waals surface area (Å²) in [7, 11) is -3.76. The van der Waals surface area contributed by atoms with Crippen LogP contribution in [0.4, 0.5) is 5.69 Å². The summed E-state index contributed by atoms with van der Waals surface area (Å²) in [6.07, 6.45) is 0. The van der Waals surface area contributed by atoms with Gasteiger partial charge in [0.15, 0.2) is 0 Å². The van der Waals surface area contributed by atoms with Crippen molar-refractivity contribution in [2.45, 2.75) is 4.90 Å². The maximum Gasteiger partial charge on any atom is 0.257 e. The molecule has 0 spiro atoms. The first-order valence-electron chi connectivity index (χ1n) is 7.93. The first-order chi connectivity index (χ1) is 12.8. The van der Waals surface area contributed by atoms with Gasteiger partial charge in [-0.2, -0.15) is 4.31 Å². The number of hydrogen-bond acceptors (Lipinski definition) is 4. The number of rotatable bonds is 4. The van der Waals surface area contributed by atoms with Gasteiger partial charge in [-0.25, -0.2) is 8.42 Å². The lowest BCUT2D eigenvalue weighted by atomic mass is 10.2. The highest BCUT2D eigenvalue weighted by Crippen LogP contribution is 2.28. The number of anilines is 1. The van der Waals surface area contributed by atoms with Crippen LogP contribution in [0.5, 0.6) is 0 Å². The Morgan fingerprint density at radius 3 is 2.37 bits per heavy atom. The van der Waals surface area contributed by atoms with Crippen molar-refractivity contribution >= 4 is 56.4 Å². The van der Waals surface area contributed by atoms with E-state index in [0.717, 1.165) is 0 Å². The number of carbonyl (C=O) groups is 1. The molecule has 144 valence electrons. The lowest BCUT2D eigenvalue weighted by Gasteiger charge is -2.26. The van der Waals surface area contributed by atoms with Crippen LogP contribution in [-0.4, -0.2) is 44.9 Å². The largest absolute Gasteiger partial charge is 0.379 e. The molecule has 0 saturated carbocycles. The maximum absolute atomic E-state index is 12.8. The first-order valence-corrected chi connectivity index (χ1v) is 10.5. The molecule has 0 aliphatic carbocycles. The third-order valence-electron chi connectivity index (χ3n) is 3.97. The second-order valence-electron chi connectivity index (χ2n) is 5.74. The van der Waals surface area contributed by atoms with Crippen molar-refractivity contribution in [1.82, 2.24) is 4.31 Å². The molecule has 0 unspecified atom stereocenters. The molecule has 0 radical (unpaired) electrons. The molecule has 0 atom stereocenters. The zero-order chi connectivity index (χ0) is 19.6. The molecular weight excluding hydrogens is 435 g/mol. The zero-order valence-electron chi connectivity index (χ0n) is 13.9. The average Bonchev–Trinajstić information content (AvgIpc) is 2.65. The quantitative estimate of drug-likeness (QED) is 0.767. The third-order valence-corrected chi connectivity index (χ3v) is 6.76. The Labute approximate surface area is 172 Å². The summed E-state index contributed by atoms with van der Waals surface area (Å²) in [6.45, 7) is 1.16. The van der Waals surface area contributed by atoms with E-state index in [1.165, 1.54) is 28.6 Å². The van der Waals surface area contributed by atoms with Gasteiger partial charge >= 0.3 is 0 Å². The number of nitrogens with zero attached hydrogens (tertiary/aromatic N) is 1. The van der Waals surface area contributed by atoms with E-state index in [1.54, 1.807) is 12.1 Å². The highest BCUT2D eigenvalue weighted by atomic mass is 35.5. The third kappa shape index (κ3) is 4.56. The van der Waals surface area contributed by atoms with Crippen molar-refractivity contribution in [1.29, 1.82) is 0 Å². The monoisotopic (exact) mass is 448 g/mol. The van der Waals surface area contributed by atoms with Gasteiger partial charge in [0, 0.05) is 18.1 Å². The Bertz CT molecular complexity index is 976. The van der Waals surface area contributed by atoms with E-state index in [4.69, 9.17) is 39.5 Å². The fourth-order valence-corrected chi connectivity index (χ4v) is 4.53. The van der Waals surface area contributed by atoms with Crippen LogP contribution < -0.4 is 5.32 Å². The molecule has 2 aromatic rings. The number of sulfonamides is 1. The van der Waals surface area contributed by atoms with Gasteiger partial charge in [0.1, 0.15) is 0 Å². The van der Waals surface area contributed by atoms with Crippen molar-refractivity contribution < 1.29 is 17.9 Å². The van der Waals surface area contributed by atoms with Crippen molar-refractivity contribution in [2.75, 3.05) is 31.6 Å². The number of halogens is 3. The topological polar surface area (TPSA) is 75.7 Å². The molecule has 0 bridgehead atoms. The molecule has 1 amide bonds. The van der Waals surface area contributed by atoms with Gasteiger partial charge < -0.3 is 10.1 Å². The molecule has 1 fully saturated rings. The summed E-state index contributed by atoms with van der Waals surface area (Å²) < 4.78 is 32.1. The fraction of sp³-hybridized carbons (Fsp3) is 0.235. The van der Waals surface area contributed by atoms with Gasteiger partial charge in [-0.3, -0.25) is 4.79 Å². The smallest absolute Gasteiger partial charge is 0.257 e. The van der Waals surface area contributed by atoms with Gasteiger partial charge in [0.2, 0.25) is 10.0 Å². The van der Waals surface area contributed by atoms with Gasteiger partial charge in [-0.05, 0) is 36.4 Å². The van der Waals surface area contributed by atoms with Crippen LogP contribution in [0.3, 0.4) is 0 Å². The van der Waals surface area contributed by atoms with Crippen LogP contribution in [-0.2, 0) is 14.8 Å². The highest BCUT2D eigenvalue weighted by Gasteiger charge is 2.27. The number of ether oxygens (including phenoxy) is 1. The fourth-order valence-electron chi connectivity index (χ4n) is 2.56. The number of nitrogens with one attached hydrogen (secondary N) is 1. The lowest BCUT2D eigenvalue weighted by Crippen LogP contribution is -2.40. The van der Waals surface area contributed by atoms with Crippen molar-refractivity contribution in [2.24, 2.45) is 0 Å². The lowest BCUT2D eigenvalue weighted by molar-refractivity contribution is 0.0730. The second-order valence-corrected chi connectivity index (χ2v) is 8.93. The maximum atomic E-state index is 12.8. The predicted octanol–water partition coefficient (Wildman–Crippen LogP) is 3.92. The van der Waals surface area contributed by atoms with Gasteiger partial charge in [-0.1, -0.05) is 34.8 Å². The first kappa shape index (κ1) is 20.4. The Morgan fingerprint density at radius 2 is 1.67 bits per heavy atom. The minimum Gasteiger partial charge on any atom is -0.379 e. The molecule has 1 aliphatic rings. The number of benzene rings is 2. The molecule has 2 aromatic carbocycles. The summed E-state index contributed by atoms with van der Waals surface area (Å²) in [5.41, 5.74) is 0.314. The molecule has 1 aliphatic heterocycles. The summed E-state index contributed by atoms with van der Waals surface area (Å²) >= 11 is 18.1. The standard InChI is InChI=1S/C17H15Cl3N2O4S/c18-11-1-3-15(20)16(9-11)21-17(23)13-10-12(2-4-14(13)19)27(24,25)22-5-7-26-8-6-22/h1-4,9-10H,5-8H2,(H,21,23). The zero-order valence-corrected chi connectivity index (χ0v) is 17.0. The molecule has 27 heavy (non-hydrogen) atoms. The molecule has 6 nitrogen and oxygen atoms in total. The summed E-state index contributed by atoms with van der Waals surface area (Å²) in [4.78, 5) is 12.6. The Balaban J connectivity index is 1.91. The SMILES string of the molecule is O=C(Nc1cc(Cl)ccc1Cl)c1cc(S(=O)(=O)N2CCOCC2)ccc1Cl. The van der Waals surface area contributed by atoms with Gasteiger partial charge in [0.05, 0.1) is 39.4 Å². The molecule has 1 N–H and O–H groups in total. The van der Waals surface area contributed by atoms with Crippen molar-refractivity contribution in [3.8, 4) is 0 Å². The molecular formula is C17H15Cl3N2O4S. The molecule has 0 aromatic heterocycles. The Kier molecular flexibility index (Phi) is 6.30. The average molecular weight is 450 g/mol. The Morgan fingerprint density at radius 1 is 1.00 bits per heavy atom. The molecule has 1 saturated heterocycles. The second kappa shape index (κ2) is 8.34. The van der Waals surface area contributed by atoms with Crippen LogP contribution in [0.1, 0.15) is 10.4 Å². The van der Waals surface area contributed by atoms with E-state index in [-0.39, 0.29) is 28.6 Å². The van der Waals surface area contributed by atoms with E-state index < -0.39 is 15.9 Å². The molecule has 1 heterocycles. The number of morpholine rings is 1. The van der Waals surface area contributed by atoms with E-state index in [2.05, 4.69) is 5.32 Å². The van der Waals surface area contributed by atoms with Crippen molar-refractivity contribution in [3.63, 3.8) is 0 Å². The van der Waals surface area contributed by atoms with Crippen LogP contribution in [0.15, 0.2) is 41.3 Å². The minimum atomic E-state index is -3.76. The minimum absolute atomic E-state index is 0.0158. The van der Waals surface area contributed by atoms with Crippen molar-refractivity contribution in [3.05, 3.63) is 57.0 Å². The van der Waals surface area contributed by atoms with Crippen LogP contribution in [0, 0.1) is 0 Å². The molecule has 3 rings (SSSR count). The highest BCUT2D eigenvalue weighted by molar-refractivity contribution is 7.89. The number of hydrogen-bond donors (Lipinski definition) is 1. The molecule has 10 heteroatoms. The van der Waals surface area contributed by atoms with Crippen LogP contribution in [0.25, 0.3) is 0 Å². The summed E-state index contributed by atoms with van der Waals surface area (Å²) in [5, 5.41) is 3.40.